The molecule has 0 spiro atoms. The van der Waals surface area contributed by atoms with E-state index in [0.717, 1.165) is 30.1 Å². The molecule has 0 radical (unpaired) electrons. The van der Waals surface area contributed by atoms with Crippen molar-refractivity contribution in [3.05, 3.63) is 0 Å². The number of hydrogen-bond acceptors (Lipinski definition) is 1. The van der Waals surface area contributed by atoms with Crippen LogP contribution < -0.4 is 0 Å². The number of hydrogen-bond donors (Lipinski definition) is 0. The Balaban J connectivity index is 1.96. The molecule has 0 amide bonds. The van der Waals surface area contributed by atoms with Crippen LogP contribution in [0, 0.1) is 35.0 Å². The van der Waals surface area contributed by atoms with Crippen molar-refractivity contribution >= 4 is 0 Å². The second-order valence-electron chi connectivity index (χ2n) is 3.88. The van der Waals surface area contributed by atoms with E-state index >= 15 is 0 Å². The van der Waals surface area contributed by atoms with E-state index in [1.165, 1.54) is 12.8 Å². The second kappa shape index (κ2) is 1.99. The van der Waals surface area contributed by atoms with E-state index in [1.54, 1.807) is 0 Å². The van der Waals surface area contributed by atoms with Crippen LogP contribution in [0.1, 0.15) is 26.2 Å². The molecule has 1 nitrogen and oxygen atoms in total. The Morgan fingerprint density at radius 1 is 1.50 bits per heavy atom. The Morgan fingerprint density at radius 3 is 2.80 bits per heavy atom. The van der Waals surface area contributed by atoms with Crippen molar-refractivity contribution in [2.75, 3.05) is 0 Å². The molecule has 0 aromatic heterocycles. The molecule has 0 aromatic rings. The number of nitrogens with zero attached hydrogens (tertiary/aromatic N) is 1. The molecule has 4 unspecified atom stereocenters. The van der Waals surface area contributed by atoms with Gasteiger partial charge in [-0.3, -0.25) is 0 Å². The van der Waals surface area contributed by atoms with E-state index in [4.69, 9.17) is 5.26 Å². The summed E-state index contributed by atoms with van der Waals surface area (Å²) in [6, 6.07) is 2.28. The molecule has 0 bridgehead atoms. The summed E-state index contributed by atoms with van der Waals surface area (Å²) in [5, 5.41) is 8.50. The van der Waals surface area contributed by atoms with Crippen molar-refractivity contribution in [1.82, 2.24) is 0 Å². The van der Waals surface area contributed by atoms with Crippen LogP contribution >= 0.6 is 0 Å². The van der Waals surface area contributed by atoms with Gasteiger partial charge in [0, 0.05) is 6.42 Å². The maximum absolute atomic E-state index is 8.50. The molecule has 0 N–H and O–H groups in total. The largest absolute Gasteiger partial charge is 0.198 e. The molecular formula is C9H13N. The second-order valence-corrected chi connectivity index (χ2v) is 3.88. The topological polar surface area (TPSA) is 23.8 Å². The highest BCUT2D eigenvalue weighted by Crippen LogP contribution is 2.58. The van der Waals surface area contributed by atoms with Crippen molar-refractivity contribution < 1.29 is 0 Å². The van der Waals surface area contributed by atoms with Crippen LogP contribution in [0.3, 0.4) is 0 Å². The normalized spacial score (nSPS) is 50.0. The lowest BCUT2D eigenvalue weighted by atomic mass is 9.91. The first kappa shape index (κ1) is 6.22. The van der Waals surface area contributed by atoms with Crippen molar-refractivity contribution in [1.29, 1.82) is 5.26 Å². The fourth-order valence-corrected chi connectivity index (χ4v) is 2.53. The van der Waals surface area contributed by atoms with Gasteiger partial charge in [0.05, 0.1) is 6.07 Å². The predicted octanol–water partition coefficient (Wildman–Crippen LogP) is 2.19. The average Bonchev–Trinajstić information content (AvgIpc) is 2.60. The van der Waals surface area contributed by atoms with E-state index < -0.39 is 0 Å². The third kappa shape index (κ3) is 0.751. The molecule has 54 valence electrons. The van der Waals surface area contributed by atoms with Crippen LogP contribution in [-0.4, -0.2) is 0 Å². The molecule has 1 heteroatoms. The van der Waals surface area contributed by atoms with Gasteiger partial charge in [-0.15, -0.1) is 0 Å². The first-order chi connectivity index (χ1) is 4.83. The Hall–Kier alpha value is -0.510. The zero-order valence-electron chi connectivity index (χ0n) is 6.38. The molecule has 0 aromatic carbocycles. The first-order valence-corrected chi connectivity index (χ1v) is 4.20. The van der Waals surface area contributed by atoms with Crippen molar-refractivity contribution in [2.45, 2.75) is 26.2 Å². The highest BCUT2D eigenvalue weighted by atomic mass is 14.6. The summed E-state index contributed by atoms with van der Waals surface area (Å²) >= 11 is 0. The third-order valence-corrected chi connectivity index (χ3v) is 3.36. The van der Waals surface area contributed by atoms with E-state index in [1.807, 2.05) is 0 Å². The van der Waals surface area contributed by atoms with Crippen LogP contribution in [0.25, 0.3) is 0 Å². The van der Waals surface area contributed by atoms with Crippen molar-refractivity contribution in [3.63, 3.8) is 0 Å². The standard InChI is InChI=1S/C9H13N/c1-6-7(2-3-10)4-8-5-9(6)8/h6-9H,2,4-5H2,1H3. The fourth-order valence-electron chi connectivity index (χ4n) is 2.53. The van der Waals surface area contributed by atoms with Crippen LogP contribution in [0.5, 0.6) is 0 Å². The molecule has 4 atom stereocenters. The molecule has 0 saturated heterocycles. The smallest absolute Gasteiger partial charge is 0.0624 e. The van der Waals surface area contributed by atoms with E-state index in [0.29, 0.717) is 0 Å². The summed E-state index contributed by atoms with van der Waals surface area (Å²) in [7, 11) is 0. The molecule has 2 saturated carbocycles. The highest BCUT2D eigenvalue weighted by molar-refractivity contribution is 5.01. The minimum atomic E-state index is 0.744. The Labute approximate surface area is 62.0 Å². The fraction of sp³-hybridized carbons (Fsp3) is 0.889. The maximum atomic E-state index is 8.50. The summed E-state index contributed by atoms with van der Waals surface area (Å²) in [6.07, 6.45) is 3.61. The summed E-state index contributed by atoms with van der Waals surface area (Å²) in [6.45, 7) is 2.32. The third-order valence-electron chi connectivity index (χ3n) is 3.36. The van der Waals surface area contributed by atoms with Crippen LogP contribution in [-0.2, 0) is 0 Å². The quantitative estimate of drug-likeness (QED) is 0.540. The number of fused-ring (bicyclic) bond motifs is 1. The van der Waals surface area contributed by atoms with Gasteiger partial charge < -0.3 is 0 Å². The minimum Gasteiger partial charge on any atom is -0.198 e. The Kier molecular flexibility index (Phi) is 1.23. The van der Waals surface area contributed by atoms with Gasteiger partial charge in [-0.05, 0) is 36.5 Å². The van der Waals surface area contributed by atoms with Gasteiger partial charge in [-0.2, -0.15) is 5.26 Å². The molecule has 2 aliphatic carbocycles. The lowest BCUT2D eigenvalue weighted by Gasteiger charge is -2.13. The molecule has 0 aliphatic heterocycles. The average molecular weight is 135 g/mol. The summed E-state index contributed by atoms with van der Waals surface area (Å²) in [4.78, 5) is 0. The number of nitriles is 1. The monoisotopic (exact) mass is 135 g/mol. The summed E-state index contributed by atoms with van der Waals surface area (Å²) in [5.74, 6) is 3.63. The van der Waals surface area contributed by atoms with Crippen LogP contribution in [0.2, 0.25) is 0 Å². The van der Waals surface area contributed by atoms with Gasteiger partial charge >= 0.3 is 0 Å². The van der Waals surface area contributed by atoms with Crippen LogP contribution in [0.15, 0.2) is 0 Å². The number of rotatable bonds is 1. The molecule has 2 fully saturated rings. The van der Waals surface area contributed by atoms with Gasteiger partial charge in [-0.25, -0.2) is 0 Å². The molecular weight excluding hydrogens is 122 g/mol. The van der Waals surface area contributed by atoms with Gasteiger partial charge in [-0.1, -0.05) is 6.92 Å². The van der Waals surface area contributed by atoms with E-state index in [2.05, 4.69) is 13.0 Å². The van der Waals surface area contributed by atoms with Crippen molar-refractivity contribution in [2.24, 2.45) is 23.7 Å². The first-order valence-electron chi connectivity index (χ1n) is 4.20. The molecule has 2 rings (SSSR count). The van der Waals surface area contributed by atoms with Gasteiger partial charge in [0.1, 0.15) is 0 Å². The van der Waals surface area contributed by atoms with Gasteiger partial charge in [0.15, 0.2) is 0 Å². The highest BCUT2D eigenvalue weighted by Gasteiger charge is 2.50. The SMILES string of the molecule is CC1C(CC#N)CC2CC21. The molecule has 0 heterocycles. The Bertz CT molecular complexity index is 180. The van der Waals surface area contributed by atoms with Gasteiger partial charge in [0.25, 0.3) is 0 Å². The van der Waals surface area contributed by atoms with E-state index in [-0.39, 0.29) is 0 Å². The lowest BCUT2D eigenvalue weighted by Crippen LogP contribution is -2.06. The summed E-state index contributed by atoms with van der Waals surface area (Å²) < 4.78 is 0. The van der Waals surface area contributed by atoms with Crippen molar-refractivity contribution in [3.8, 4) is 6.07 Å². The molecule has 10 heavy (non-hydrogen) atoms. The summed E-state index contributed by atoms with van der Waals surface area (Å²) in [5.41, 5.74) is 0. The molecule has 2 aliphatic rings. The zero-order chi connectivity index (χ0) is 7.14. The van der Waals surface area contributed by atoms with Crippen LogP contribution in [0.4, 0.5) is 0 Å². The maximum Gasteiger partial charge on any atom is 0.0624 e. The van der Waals surface area contributed by atoms with Gasteiger partial charge in [0.2, 0.25) is 0 Å². The lowest BCUT2D eigenvalue weighted by molar-refractivity contribution is 0.369. The Morgan fingerprint density at radius 2 is 2.30 bits per heavy atom. The van der Waals surface area contributed by atoms with E-state index in [9.17, 15) is 0 Å². The zero-order valence-corrected chi connectivity index (χ0v) is 6.38. The predicted molar refractivity (Wildman–Crippen MR) is 39.1 cm³/mol. The minimum absolute atomic E-state index is 0.744.